The van der Waals surface area contributed by atoms with E-state index in [0.717, 1.165) is 11.6 Å². The fourth-order valence-electron chi connectivity index (χ4n) is 3.69. The number of H-pyrrole nitrogens is 2. The van der Waals surface area contributed by atoms with E-state index in [1.54, 1.807) is 30.3 Å². The van der Waals surface area contributed by atoms with Crippen LogP contribution in [0.2, 0.25) is 0 Å². The summed E-state index contributed by atoms with van der Waals surface area (Å²) in [6.45, 7) is 1.82. The standard InChI is InChI=1S/C24H19F2N5O4S.2H2/c1-12-4-9-15(10-16(12)22-29-24(32)35-30-22)34-23-27-18-11-17(25)19(20(26)21(18)28-23)13-5-7-14(8-6-13)31-36(2,3)33;;/h4-11H,1-3H3,(H,27,28)(H,29,30,32);2*1H. The second-order valence-corrected chi connectivity index (χ2v) is 10.9. The van der Waals surface area contributed by atoms with Crippen LogP contribution < -0.4 is 10.5 Å². The Hall–Kier alpha value is -4.32. The van der Waals surface area contributed by atoms with Gasteiger partial charge in [-0.25, -0.2) is 17.8 Å². The molecule has 0 unspecified atom stereocenters. The molecule has 0 radical (unpaired) electrons. The van der Waals surface area contributed by atoms with E-state index in [0.29, 0.717) is 17.0 Å². The van der Waals surface area contributed by atoms with Gasteiger partial charge in [-0.2, -0.15) is 9.35 Å². The molecule has 36 heavy (non-hydrogen) atoms. The lowest BCUT2D eigenvalue weighted by Crippen LogP contribution is -1.96. The SMILES string of the molecule is Cc1ccc(Oc2nc3c(F)c(-c4ccc(N=S(C)(C)=O)cc4)c(F)cc3[nH]2)cc1-c1noc(=O)[nH]1.[HH].[HH]. The number of fused-ring (bicyclic) bond motifs is 1. The number of halogens is 2. The number of aryl methyl sites for hydroxylation is 1. The zero-order valence-corrected chi connectivity index (χ0v) is 20.1. The summed E-state index contributed by atoms with van der Waals surface area (Å²) in [7, 11) is -2.37. The Morgan fingerprint density at radius 1 is 1.08 bits per heavy atom. The van der Waals surface area contributed by atoms with Crippen LogP contribution in [-0.2, 0) is 9.73 Å². The summed E-state index contributed by atoms with van der Waals surface area (Å²) in [6.07, 6.45) is 3.00. The van der Waals surface area contributed by atoms with E-state index in [2.05, 4.69) is 29.0 Å². The first-order valence-electron chi connectivity index (χ1n) is 10.6. The second-order valence-electron chi connectivity index (χ2n) is 8.33. The minimum absolute atomic E-state index is 0. The fraction of sp³-hybridized carbons (Fsp3) is 0.125. The smallest absolute Gasteiger partial charge is 0.426 e. The summed E-state index contributed by atoms with van der Waals surface area (Å²) in [5.41, 5.74) is 1.83. The highest BCUT2D eigenvalue weighted by Crippen LogP contribution is 2.34. The maximum absolute atomic E-state index is 15.4. The predicted octanol–water partition coefficient (Wildman–Crippen LogP) is 5.80. The molecule has 0 spiro atoms. The van der Waals surface area contributed by atoms with Gasteiger partial charge in [-0.05, 0) is 42.3 Å². The molecule has 2 N–H and O–H groups in total. The quantitative estimate of drug-likeness (QED) is 0.304. The van der Waals surface area contributed by atoms with Crippen molar-refractivity contribution in [3.63, 3.8) is 0 Å². The first-order valence-corrected chi connectivity index (χ1v) is 12.9. The molecule has 9 nitrogen and oxygen atoms in total. The third kappa shape index (κ3) is 4.62. The van der Waals surface area contributed by atoms with Crippen molar-refractivity contribution in [2.45, 2.75) is 6.92 Å². The maximum Gasteiger partial charge on any atom is 0.439 e. The Labute approximate surface area is 206 Å². The van der Waals surface area contributed by atoms with Crippen LogP contribution in [0, 0.1) is 18.6 Å². The van der Waals surface area contributed by atoms with Gasteiger partial charge in [0.1, 0.15) is 17.1 Å². The van der Waals surface area contributed by atoms with Crippen LogP contribution in [-0.4, -0.2) is 36.8 Å². The number of benzene rings is 3. The molecule has 0 saturated heterocycles. The van der Waals surface area contributed by atoms with Gasteiger partial charge in [0.25, 0.3) is 6.01 Å². The molecule has 0 atom stereocenters. The Balaban J connectivity index is 0.00000200. The summed E-state index contributed by atoms with van der Waals surface area (Å²) >= 11 is 0. The summed E-state index contributed by atoms with van der Waals surface area (Å²) in [5, 5.41) is 3.68. The van der Waals surface area contributed by atoms with Crippen molar-refractivity contribution >= 4 is 26.4 Å². The van der Waals surface area contributed by atoms with E-state index < -0.39 is 27.1 Å². The van der Waals surface area contributed by atoms with Crippen molar-refractivity contribution in [2.75, 3.05) is 12.5 Å². The molecule has 0 amide bonds. The Morgan fingerprint density at radius 3 is 2.50 bits per heavy atom. The number of hydrogen-bond donors (Lipinski definition) is 2. The molecule has 0 aliphatic carbocycles. The number of aromatic nitrogens is 4. The largest absolute Gasteiger partial charge is 0.439 e. The van der Waals surface area contributed by atoms with Crippen molar-refractivity contribution < 1.29 is 25.1 Å². The first-order chi connectivity index (χ1) is 17.1. The van der Waals surface area contributed by atoms with E-state index >= 15 is 4.39 Å². The summed E-state index contributed by atoms with van der Waals surface area (Å²) < 4.78 is 56.6. The monoisotopic (exact) mass is 515 g/mol. The van der Waals surface area contributed by atoms with Gasteiger partial charge in [-0.1, -0.05) is 23.4 Å². The van der Waals surface area contributed by atoms with E-state index in [1.807, 2.05) is 6.92 Å². The van der Waals surface area contributed by atoms with Gasteiger partial charge in [0.15, 0.2) is 11.6 Å². The second kappa shape index (κ2) is 8.72. The molecule has 0 saturated carbocycles. The van der Waals surface area contributed by atoms with Gasteiger partial charge in [0, 0.05) is 36.7 Å². The zero-order chi connectivity index (χ0) is 25.6. The number of hydrogen-bond acceptors (Lipinski definition) is 7. The lowest BCUT2D eigenvalue weighted by Gasteiger charge is -2.06. The average Bonchev–Trinajstić information content (AvgIpc) is 3.41. The normalized spacial score (nSPS) is 11.7. The predicted molar refractivity (Wildman–Crippen MR) is 135 cm³/mol. The molecule has 2 heterocycles. The minimum atomic E-state index is -2.37. The molecule has 12 heteroatoms. The maximum atomic E-state index is 15.4. The molecule has 3 aromatic carbocycles. The van der Waals surface area contributed by atoms with Crippen LogP contribution >= 0.6 is 0 Å². The Bertz CT molecular complexity index is 1800. The van der Waals surface area contributed by atoms with Crippen LogP contribution in [0.3, 0.4) is 0 Å². The molecule has 5 rings (SSSR count). The third-order valence-corrected chi connectivity index (χ3v) is 5.90. The lowest BCUT2D eigenvalue weighted by atomic mass is 10.0. The topological polar surface area (TPSA) is 126 Å². The molecule has 188 valence electrons. The first kappa shape index (κ1) is 23.4. The van der Waals surface area contributed by atoms with Gasteiger partial charge < -0.3 is 9.72 Å². The highest BCUT2D eigenvalue weighted by molar-refractivity contribution is 7.92. The number of nitrogens with zero attached hydrogens (tertiary/aromatic N) is 3. The van der Waals surface area contributed by atoms with Gasteiger partial charge >= 0.3 is 5.76 Å². The number of aromatic amines is 2. The van der Waals surface area contributed by atoms with Gasteiger partial charge in [-0.15, -0.1) is 0 Å². The highest BCUT2D eigenvalue weighted by atomic mass is 32.2. The molecular formula is C24H23F2N5O4S. The van der Waals surface area contributed by atoms with Crippen molar-refractivity contribution in [2.24, 2.45) is 4.36 Å². The average molecular weight is 516 g/mol. The number of nitrogens with one attached hydrogen (secondary N) is 2. The Morgan fingerprint density at radius 2 is 1.83 bits per heavy atom. The van der Waals surface area contributed by atoms with E-state index in [1.165, 1.54) is 24.6 Å². The minimum Gasteiger partial charge on any atom is -0.426 e. The van der Waals surface area contributed by atoms with Crippen LogP contribution in [0.4, 0.5) is 14.5 Å². The van der Waals surface area contributed by atoms with Crippen LogP contribution in [0.5, 0.6) is 11.8 Å². The van der Waals surface area contributed by atoms with Crippen molar-refractivity contribution in [1.82, 2.24) is 20.1 Å². The molecule has 2 aromatic heterocycles. The van der Waals surface area contributed by atoms with Crippen LogP contribution in [0.1, 0.15) is 8.42 Å². The van der Waals surface area contributed by atoms with Gasteiger partial charge in [-0.3, -0.25) is 9.51 Å². The number of ether oxygens (including phenoxy) is 1. The van der Waals surface area contributed by atoms with E-state index in [9.17, 15) is 13.4 Å². The van der Waals surface area contributed by atoms with Gasteiger partial charge in [0.05, 0.1) is 16.8 Å². The fourth-order valence-corrected chi connectivity index (χ4v) is 4.32. The number of imidazole rings is 1. The van der Waals surface area contributed by atoms with Gasteiger partial charge in [0.2, 0.25) is 0 Å². The summed E-state index contributed by atoms with van der Waals surface area (Å²) in [5.74, 6) is -1.80. The summed E-state index contributed by atoms with van der Waals surface area (Å²) in [6, 6.07) is 12.2. The number of rotatable bonds is 5. The van der Waals surface area contributed by atoms with Crippen molar-refractivity contribution in [3.05, 3.63) is 76.3 Å². The van der Waals surface area contributed by atoms with Crippen molar-refractivity contribution in [3.8, 4) is 34.3 Å². The molecule has 0 aliphatic rings. The molecular weight excluding hydrogens is 492 g/mol. The van der Waals surface area contributed by atoms with Crippen molar-refractivity contribution in [1.29, 1.82) is 0 Å². The van der Waals surface area contributed by atoms with Crippen LogP contribution in [0.15, 0.2) is 62.2 Å². The van der Waals surface area contributed by atoms with E-state index in [-0.39, 0.29) is 36.8 Å². The lowest BCUT2D eigenvalue weighted by molar-refractivity contribution is 0.388. The third-order valence-electron chi connectivity index (χ3n) is 5.25. The Kier molecular flexibility index (Phi) is 5.67. The molecule has 0 fully saturated rings. The molecule has 5 aromatic rings. The molecule has 0 aliphatic heterocycles. The zero-order valence-electron chi connectivity index (χ0n) is 19.3. The molecule has 0 bridgehead atoms. The van der Waals surface area contributed by atoms with E-state index in [4.69, 9.17) is 4.74 Å². The highest BCUT2D eigenvalue weighted by Gasteiger charge is 2.20. The summed E-state index contributed by atoms with van der Waals surface area (Å²) in [4.78, 5) is 20.7. The van der Waals surface area contributed by atoms with Crippen LogP contribution in [0.25, 0.3) is 33.5 Å².